The van der Waals surface area contributed by atoms with Gasteiger partial charge in [0.05, 0.1) is 0 Å². The number of carbonyl (C=O) groups excluding carboxylic acids is 2. The Hall–Kier alpha value is -3.86. The zero-order valence-corrected chi connectivity index (χ0v) is 19.6. The molecule has 5 nitrogen and oxygen atoms in total. The van der Waals surface area contributed by atoms with E-state index < -0.39 is 0 Å². The minimum absolute atomic E-state index is 0.155. The number of carbonyl (C=O) groups is 2. The molecule has 4 aromatic rings. The van der Waals surface area contributed by atoms with E-state index in [9.17, 15) is 9.59 Å². The Morgan fingerprint density at radius 2 is 1.76 bits per heavy atom. The number of furan rings is 1. The summed E-state index contributed by atoms with van der Waals surface area (Å²) in [7, 11) is 3.42. The summed E-state index contributed by atoms with van der Waals surface area (Å²) in [4.78, 5) is 28.7. The minimum Gasteiger partial charge on any atom is -0.451 e. The fourth-order valence-corrected chi connectivity index (χ4v) is 4.54. The Labute approximate surface area is 199 Å². The molecule has 0 atom stereocenters. The summed E-state index contributed by atoms with van der Waals surface area (Å²) in [6.07, 6.45) is 4.29. The Morgan fingerprint density at radius 3 is 2.59 bits per heavy atom. The highest BCUT2D eigenvalue weighted by Gasteiger charge is 2.20. The van der Waals surface area contributed by atoms with E-state index in [1.807, 2.05) is 35.2 Å². The van der Waals surface area contributed by atoms with Crippen molar-refractivity contribution < 1.29 is 14.0 Å². The van der Waals surface area contributed by atoms with Crippen molar-refractivity contribution in [1.82, 2.24) is 9.80 Å². The molecule has 1 aliphatic rings. The minimum atomic E-state index is -0.155. The summed E-state index contributed by atoms with van der Waals surface area (Å²) in [6.45, 7) is 1.35. The third kappa shape index (κ3) is 4.46. The smallest absolute Gasteiger partial charge is 0.289 e. The van der Waals surface area contributed by atoms with Gasteiger partial charge in [-0.15, -0.1) is 0 Å². The first-order chi connectivity index (χ1) is 16.5. The largest absolute Gasteiger partial charge is 0.451 e. The van der Waals surface area contributed by atoms with Crippen molar-refractivity contribution in [2.75, 3.05) is 27.2 Å². The monoisotopic (exact) mass is 452 g/mol. The molecule has 1 aliphatic heterocycles. The number of hydrogen-bond donors (Lipinski definition) is 0. The third-order valence-corrected chi connectivity index (χ3v) is 6.45. The van der Waals surface area contributed by atoms with Crippen LogP contribution in [-0.4, -0.2) is 48.8 Å². The zero-order valence-electron chi connectivity index (χ0n) is 19.6. The van der Waals surface area contributed by atoms with Crippen molar-refractivity contribution in [1.29, 1.82) is 0 Å². The Balaban J connectivity index is 1.26. The standard InChI is InChI=1S/C29H28N2O3/c1-30(2)29(33)27-18-25-17-23(12-13-26(25)34-27)24-8-5-15-31(19-24)28(32)14-10-20-9-11-21-6-3-4-7-22(21)16-20/h3-4,6-9,11-13,16-18H,5,10,14-15,19H2,1-2H3. The van der Waals surface area contributed by atoms with Crippen molar-refractivity contribution in [3.05, 3.63) is 89.7 Å². The van der Waals surface area contributed by atoms with Gasteiger partial charge in [0, 0.05) is 39.0 Å². The summed E-state index contributed by atoms with van der Waals surface area (Å²) in [5, 5.41) is 3.32. The second-order valence-corrected chi connectivity index (χ2v) is 9.08. The highest BCUT2D eigenvalue weighted by atomic mass is 16.3. The predicted octanol–water partition coefficient (Wildman–Crippen LogP) is 5.54. The summed E-state index contributed by atoms with van der Waals surface area (Å²) in [5.41, 5.74) is 4.07. The molecule has 2 heterocycles. The highest BCUT2D eigenvalue weighted by Crippen LogP contribution is 2.27. The van der Waals surface area contributed by atoms with Crippen LogP contribution >= 0.6 is 0 Å². The first-order valence-electron chi connectivity index (χ1n) is 11.7. The van der Waals surface area contributed by atoms with Gasteiger partial charge in [-0.3, -0.25) is 9.59 Å². The van der Waals surface area contributed by atoms with Gasteiger partial charge in [-0.05, 0) is 58.5 Å². The lowest BCUT2D eigenvalue weighted by Crippen LogP contribution is -2.35. The molecule has 34 heavy (non-hydrogen) atoms. The molecule has 0 N–H and O–H groups in total. The SMILES string of the molecule is CN(C)C(=O)c1cc2cc(C3=CCCN(C(=O)CCc4ccc5ccccc5c4)C3)ccc2o1. The van der Waals surface area contributed by atoms with Gasteiger partial charge in [0.25, 0.3) is 5.91 Å². The molecule has 0 fully saturated rings. The number of fused-ring (bicyclic) bond motifs is 2. The number of benzene rings is 3. The second-order valence-electron chi connectivity index (χ2n) is 9.08. The Bertz CT molecular complexity index is 1410. The Morgan fingerprint density at radius 1 is 0.941 bits per heavy atom. The van der Waals surface area contributed by atoms with E-state index in [0.29, 0.717) is 24.3 Å². The van der Waals surface area contributed by atoms with Gasteiger partial charge in [0.2, 0.25) is 5.91 Å². The quantitative estimate of drug-likeness (QED) is 0.400. The van der Waals surface area contributed by atoms with E-state index >= 15 is 0 Å². The maximum absolute atomic E-state index is 13.0. The topological polar surface area (TPSA) is 53.8 Å². The maximum Gasteiger partial charge on any atom is 0.289 e. The molecular weight excluding hydrogens is 424 g/mol. The molecule has 0 spiro atoms. The van der Waals surface area contributed by atoms with Crippen LogP contribution in [0.2, 0.25) is 0 Å². The fourth-order valence-electron chi connectivity index (χ4n) is 4.54. The summed E-state index contributed by atoms with van der Waals surface area (Å²) in [6, 6.07) is 22.5. The van der Waals surface area contributed by atoms with Crippen LogP contribution in [0.15, 0.2) is 77.2 Å². The van der Waals surface area contributed by atoms with Crippen molar-refractivity contribution in [2.24, 2.45) is 0 Å². The molecule has 3 aromatic carbocycles. The van der Waals surface area contributed by atoms with E-state index in [1.54, 1.807) is 20.2 Å². The van der Waals surface area contributed by atoms with Crippen molar-refractivity contribution >= 4 is 39.1 Å². The van der Waals surface area contributed by atoms with Crippen LogP contribution in [0.3, 0.4) is 0 Å². The second kappa shape index (κ2) is 9.18. The average Bonchev–Trinajstić information content (AvgIpc) is 3.30. The summed E-state index contributed by atoms with van der Waals surface area (Å²) < 4.78 is 5.72. The van der Waals surface area contributed by atoms with Gasteiger partial charge in [0.15, 0.2) is 5.76 Å². The summed E-state index contributed by atoms with van der Waals surface area (Å²) >= 11 is 0. The van der Waals surface area contributed by atoms with Crippen LogP contribution in [0.1, 0.15) is 34.5 Å². The van der Waals surface area contributed by atoms with E-state index in [0.717, 1.165) is 35.9 Å². The maximum atomic E-state index is 13.0. The lowest BCUT2D eigenvalue weighted by molar-refractivity contribution is -0.130. The number of amides is 2. The van der Waals surface area contributed by atoms with Crippen molar-refractivity contribution in [2.45, 2.75) is 19.3 Å². The number of rotatable bonds is 5. The molecule has 2 amide bonds. The first-order valence-corrected chi connectivity index (χ1v) is 11.7. The number of hydrogen-bond acceptors (Lipinski definition) is 3. The molecule has 0 saturated heterocycles. The van der Waals surface area contributed by atoms with Gasteiger partial charge in [0.1, 0.15) is 5.58 Å². The fraction of sp³-hybridized carbons (Fsp3) is 0.241. The van der Waals surface area contributed by atoms with E-state index in [2.05, 4.69) is 36.4 Å². The molecule has 172 valence electrons. The van der Waals surface area contributed by atoms with Gasteiger partial charge in [-0.25, -0.2) is 0 Å². The lowest BCUT2D eigenvalue weighted by Gasteiger charge is -2.28. The van der Waals surface area contributed by atoms with Gasteiger partial charge >= 0.3 is 0 Å². The Kier molecular flexibility index (Phi) is 5.93. The number of nitrogens with zero attached hydrogens (tertiary/aromatic N) is 2. The van der Waals surface area contributed by atoms with Crippen LogP contribution in [0, 0.1) is 0 Å². The molecule has 0 bridgehead atoms. The van der Waals surface area contributed by atoms with Gasteiger partial charge in [-0.1, -0.05) is 54.6 Å². The van der Waals surface area contributed by atoms with E-state index in [4.69, 9.17) is 4.42 Å². The van der Waals surface area contributed by atoms with Crippen LogP contribution in [0.5, 0.6) is 0 Å². The van der Waals surface area contributed by atoms with Crippen LogP contribution in [-0.2, 0) is 11.2 Å². The van der Waals surface area contributed by atoms with Gasteiger partial charge in [-0.2, -0.15) is 0 Å². The molecule has 5 heteroatoms. The van der Waals surface area contributed by atoms with Crippen LogP contribution < -0.4 is 0 Å². The van der Waals surface area contributed by atoms with Crippen LogP contribution in [0.4, 0.5) is 0 Å². The zero-order chi connectivity index (χ0) is 23.7. The van der Waals surface area contributed by atoms with Crippen molar-refractivity contribution in [3.63, 3.8) is 0 Å². The molecule has 0 unspecified atom stereocenters. The van der Waals surface area contributed by atoms with Gasteiger partial charge < -0.3 is 14.2 Å². The van der Waals surface area contributed by atoms with Crippen LogP contribution in [0.25, 0.3) is 27.3 Å². The lowest BCUT2D eigenvalue weighted by atomic mass is 9.99. The molecule has 5 rings (SSSR count). The number of aryl methyl sites for hydroxylation is 1. The molecule has 0 radical (unpaired) electrons. The molecule has 0 aliphatic carbocycles. The molecule has 0 saturated carbocycles. The van der Waals surface area contributed by atoms with Crippen molar-refractivity contribution in [3.8, 4) is 0 Å². The van der Waals surface area contributed by atoms with E-state index in [-0.39, 0.29) is 11.8 Å². The highest BCUT2D eigenvalue weighted by molar-refractivity contribution is 5.96. The average molecular weight is 453 g/mol. The first kappa shape index (κ1) is 22.0. The third-order valence-electron chi connectivity index (χ3n) is 6.45. The molecule has 1 aromatic heterocycles. The molecular formula is C29H28N2O3. The predicted molar refractivity (Wildman–Crippen MR) is 136 cm³/mol. The summed E-state index contributed by atoms with van der Waals surface area (Å²) in [5.74, 6) is 0.361. The normalized spacial score (nSPS) is 13.8. The van der Waals surface area contributed by atoms with E-state index in [1.165, 1.54) is 21.2 Å².